The van der Waals surface area contributed by atoms with Crippen molar-refractivity contribution in [3.05, 3.63) is 69.0 Å². The summed E-state index contributed by atoms with van der Waals surface area (Å²) in [5.74, 6) is -0.823. The largest absolute Gasteiger partial charge is 0.506 e. The summed E-state index contributed by atoms with van der Waals surface area (Å²) in [7, 11) is 1.60. The van der Waals surface area contributed by atoms with Crippen molar-refractivity contribution in [3.8, 4) is 5.75 Å². The number of carbonyl (C=O) groups is 1. The molecule has 1 N–H and O–H groups in total. The van der Waals surface area contributed by atoms with Gasteiger partial charge in [0.1, 0.15) is 11.3 Å². The van der Waals surface area contributed by atoms with Crippen molar-refractivity contribution in [2.24, 2.45) is 7.05 Å². The maximum atomic E-state index is 13.1. The normalized spacial score (nSPS) is 10.9. The molecule has 6 heteroatoms. The number of amides is 1. The van der Waals surface area contributed by atoms with Gasteiger partial charge < -0.3 is 14.6 Å². The van der Waals surface area contributed by atoms with Crippen LogP contribution in [0.15, 0.2) is 47.3 Å². The van der Waals surface area contributed by atoms with Gasteiger partial charge in [-0.15, -0.1) is 0 Å². The van der Waals surface area contributed by atoms with Gasteiger partial charge in [-0.3, -0.25) is 9.59 Å². The highest BCUT2D eigenvalue weighted by Crippen LogP contribution is 2.30. The van der Waals surface area contributed by atoms with Crippen molar-refractivity contribution < 1.29 is 9.90 Å². The zero-order valence-corrected chi connectivity index (χ0v) is 15.5. The van der Waals surface area contributed by atoms with Crippen molar-refractivity contribution >= 4 is 34.1 Å². The molecule has 0 aliphatic carbocycles. The molecular weight excluding hydrogens is 352 g/mol. The number of aryl methyl sites for hydroxylation is 2. The Kier molecular flexibility index (Phi) is 4.74. The number of carbonyl (C=O) groups excluding carboxylic acids is 1. The molecule has 0 atom stereocenters. The predicted molar refractivity (Wildman–Crippen MR) is 104 cm³/mol. The third-order valence-electron chi connectivity index (χ3n) is 4.52. The quantitative estimate of drug-likeness (QED) is 0.761. The Morgan fingerprint density at radius 1 is 1.19 bits per heavy atom. The van der Waals surface area contributed by atoms with Gasteiger partial charge in [0.25, 0.3) is 11.5 Å². The molecule has 1 heterocycles. The van der Waals surface area contributed by atoms with Gasteiger partial charge in [0, 0.05) is 29.7 Å². The average Bonchev–Trinajstić information content (AvgIpc) is 2.62. The van der Waals surface area contributed by atoms with Crippen molar-refractivity contribution in [1.82, 2.24) is 4.57 Å². The smallest absolute Gasteiger partial charge is 0.267 e. The fraction of sp³-hybridized carbons (Fsp3) is 0.200. The predicted octanol–water partition coefficient (Wildman–Crippen LogP) is 3.87. The van der Waals surface area contributed by atoms with Crippen LogP contribution in [0.4, 0.5) is 5.69 Å². The van der Waals surface area contributed by atoms with Gasteiger partial charge >= 0.3 is 0 Å². The van der Waals surface area contributed by atoms with Crippen LogP contribution in [-0.4, -0.2) is 22.1 Å². The third kappa shape index (κ3) is 2.84. The molecule has 3 aromatic rings. The van der Waals surface area contributed by atoms with E-state index in [1.54, 1.807) is 44.3 Å². The van der Waals surface area contributed by atoms with E-state index in [0.29, 0.717) is 28.2 Å². The Labute approximate surface area is 156 Å². The molecule has 0 saturated heterocycles. The zero-order chi connectivity index (χ0) is 19.0. The number of anilines is 1. The van der Waals surface area contributed by atoms with Crippen LogP contribution in [-0.2, 0) is 7.05 Å². The Morgan fingerprint density at radius 2 is 1.85 bits per heavy atom. The number of fused-ring (bicyclic) bond motifs is 1. The Morgan fingerprint density at radius 3 is 2.46 bits per heavy atom. The molecule has 3 rings (SSSR count). The maximum Gasteiger partial charge on any atom is 0.267 e. The van der Waals surface area contributed by atoms with E-state index >= 15 is 0 Å². The highest BCUT2D eigenvalue weighted by atomic mass is 35.5. The molecule has 26 heavy (non-hydrogen) atoms. The summed E-state index contributed by atoms with van der Waals surface area (Å²) in [5.41, 5.74) is 1.22. The molecule has 1 amide bonds. The minimum Gasteiger partial charge on any atom is -0.506 e. The summed E-state index contributed by atoms with van der Waals surface area (Å²) >= 11 is 5.91. The minimum atomic E-state index is -0.543. The molecule has 0 fully saturated rings. The van der Waals surface area contributed by atoms with Gasteiger partial charge in [-0.1, -0.05) is 23.7 Å². The van der Waals surface area contributed by atoms with Crippen molar-refractivity contribution in [1.29, 1.82) is 0 Å². The maximum absolute atomic E-state index is 13.1. The number of halogens is 1. The number of aromatic hydroxyl groups is 1. The number of hydrogen-bond donors (Lipinski definition) is 1. The number of pyridine rings is 1. The van der Waals surface area contributed by atoms with Crippen LogP contribution in [0.25, 0.3) is 10.9 Å². The third-order valence-corrected chi connectivity index (χ3v) is 4.77. The van der Waals surface area contributed by atoms with Crippen molar-refractivity contribution in [2.75, 3.05) is 11.4 Å². The number of hydrogen-bond acceptors (Lipinski definition) is 3. The minimum absolute atomic E-state index is 0.230. The summed E-state index contributed by atoms with van der Waals surface area (Å²) in [5, 5.41) is 11.8. The van der Waals surface area contributed by atoms with Crippen LogP contribution in [0.2, 0.25) is 5.02 Å². The number of nitrogens with zero attached hydrogens (tertiary/aromatic N) is 2. The lowest BCUT2D eigenvalue weighted by Crippen LogP contribution is -2.36. The second-order valence-electron chi connectivity index (χ2n) is 6.08. The molecule has 0 saturated carbocycles. The number of rotatable bonds is 3. The van der Waals surface area contributed by atoms with E-state index in [-0.39, 0.29) is 11.3 Å². The summed E-state index contributed by atoms with van der Waals surface area (Å²) in [6, 6.07) is 12.1. The molecule has 0 unspecified atom stereocenters. The van der Waals surface area contributed by atoms with Crippen LogP contribution in [0.3, 0.4) is 0 Å². The number of aromatic nitrogens is 1. The highest BCUT2D eigenvalue weighted by molar-refractivity contribution is 6.30. The molecular formula is C20H19ClN2O3. The van der Waals surface area contributed by atoms with E-state index in [0.717, 1.165) is 5.56 Å². The van der Waals surface area contributed by atoms with Gasteiger partial charge in [0.15, 0.2) is 0 Å². The molecule has 0 aliphatic rings. The van der Waals surface area contributed by atoms with Crippen LogP contribution in [0.1, 0.15) is 22.8 Å². The monoisotopic (exact) mass is 370 g/mol. The van der Waals surface area contributed by atoms with Gasteiger partial charge in [-0.2, -0.15) is 0 Å². The van der Waals surface area contributed by atoms with Crippen LogP contribution in [0, 0.1) is 6.92 Å². The summed E-state index contributed by atoms with van der Waals surface area (Å²) in [4.78, 5) is 27.4. The Balaban J connectivity index is 2.24. The molecule has 134 valence electrons. The first-order chi connectivity index (χ1) is 12.4. The molecule has 0 bridgehead atoms. The van der Waals surface area contributed by atoms with Gasteiger partial charge in [0.05, 0.1) is 5.52 Å². The Bertz CT molecular complexity index is 1060. The molecule has 1 aromatic heterocycles. The standard InChI is InChI=1S/C20H19ClN2O3/c1-4-23(14-10-8-13(21)9-11-14)20(26)17-18(24)16-12(2)6-5-7-15(16)22(3)19(17)25/h5-11,24H,4H2,1-3H3. The van der Waals surface area contributed by atoms with E-state index in [1.807, 2.05) is 19.1 Å². The second-order valence-corrected chi connectivity index (χ2v) is 6.52. The van der Waals surface area contributed by atoms with Crippen LogP contribution in [0.5, 0.6) is 5.75 Å². The SMILES string of the molecule is CCN(C(=O)c1c(O)c2c(C)cccc2n(C)c1=O)c1ccc(Cl)cc1. The lowest BCUT2D eigenvalue weighted by atomic mass is 10.0. The lowest BCUT2D eigenvalue weighted by molar-refractivity contribution is 0.0984. The fourth-order valence-corrected chi connectivity index (χ4v) is 3.26. The van der Waals surface area contributed by atoms with Gasteiger partial charge in [-0.25, -0.2) is 0 Å². The lowest BCUT2D eigenvalue weighted by Gasteiger charge is -2.22. The van der Waals surface area contributed by atoms with Crippen molar-refractivity contribution in [3.63, 3.8) is 0 Å². The number of benzene rings is 2. The van der Waals surface area contributed by atoms with E-state index in [4.69, 9.17) is 11.6 Å². The Hall–Kier alpha value is -2.79. The second kappa shape index (κ2) is 6.84. The first-order valence-corrected chi connectivity index (χ1v) is 8.63. The molecule has 2 aromatic carbocycles. The van der Waals surface area contributed by atoms with E-state index in [1.165, 1.54) is 9.47 Å². The van der Waals surface area contributed by atoms with Gasteiger partial charge in [-0.05, 0) is 49.7 Å². The average molecular weight is 371 g/mol. The molecule has 0 spiro atoms. The first-order valence-electron chi connectivity index (χ1n) is 8.25. The zero-order valence-electron chi connectivity index (χ0n) is 14.8. The fourth-order valence-electron chi connectivity index (χ4n) is 3.14. The van der Waals surface area contributed by atoms with Gasteiger partial charge in [0.2, 0.25) is 0 Å². The summed E-state index contributed by atoms with van der Waals surface area (Å²) in [6.45, 7) is 3.98. The highest BCUT2D eigenvalue weighted by Gasteiger charge is 2.26. The van der Waals surface area contributed by atoms with E-state index in [9.17, 15) is 14.7 Å². The molecule has 5 nitrogen and oxygen atoms in total. The van der Waals surface area contributed by atoms with Crippen molar-refractivity contribution in [2.45, 2.75) is 13.8 Å². The topological polar surface area (TPSA) is 62.5 Å². The van der Waals surface area contributed by atoms with E-state index in [2.05, 4.69) is 0 Å². The summed E-state index contributed by atoms with van der Waals surface area (Å²) in [6.07, 6.45) is 0. The first kappa shape index (κ1) is 18.0. The van der Waals surface area contributed by atoms with E-state index < -0.39 is 11.5 Å². The molecule has 0 radical (unpaired) electrons. The van der Waals surface area contributed by atoms with Crippen LogP contribution >= 0.6 is 11.6 Å². The molecule has 0 aliphatic heterocycles. The van der Waals surface area contributed by atoms with Crippen LogP contribution < -0.4 is 10.5 Å². The summed E-state index contributed by atoms with van der Waals surface area (Å²) < 4.78 is 1.39.